The molecule has 4 rings (SSSR count). The quantitative estimate of drug-likeness (QED) is 0.565. The molecule has 1 aromatic carbocycles. The average molecular weight is 451 g/mol. The van der Waals surface area contributed by atoms with Gasteiger partial charge in [-0.3, -0.25) is 0 Å². The van der Waals surface area contributed by atoms with Gasteiger partial charge in [-0.05, 0) is 51.2 Å². The predicted molar refractivity (Wildman–Crippen MR) is 129 cm³/mol. The molecule has 0 unspecified atom stereocenters. The molecule has 1 fully saturated rings. The summed E-state index contributed by atoms with van der Waals surface area (Å²) in [6.07, 6.45) is 5.49. The Balaban J connectivity index is 1.53. The molecule has 9 nitrogen and oxygen atoms in total. The Morgan fingerprint density at radius 1 is 1.21 bits per heavy atom. The molecule has 0 bridgehead atoms. The van der Waals surface area contributed by atoms with Gasteiger partial charge in [0.2, 0.25) is 5.95 Å². The number of nitrogens with one attached hydrogen (secondary N) is 1. The van der Waals surface area contributed by atoms with Gasteiger partial charge in [0.1, 0.15) is 5.75 Å². The normalized spacial score (nSPS) is 14.5. The van der Waals surface area contributed by atoms with Crippen molar-refractivity contribution in [3.63, 3.8) is 0 Å². The number of nitrogens with zero attached hydrogens (tertiary/aromatic N) is 5. The topological polar surface area (TPSA) is 95.8 Å². The van der Waals surface area contributed by atoms with E-state index in [9.17, 15) is 9.90 Å². The molecule has 0 spiro atoms. The van der Waals surface area contributed by atoms with Crippen molar-refractivity contribution in [2.45, 2.75) is 18.9 Å². The molecule has 0 aliphatic carbocycles. The summed E-state index contributed by atoms with van der Waals surface area (Å²) in [5, 5.41) is 12.5. The van der Waals surface area contributed by atoms with Crippen LogP contribution in [0.2, 0.25) is 0 Å². The summed E-state index contributed by atoms with van der Waals surface area (Å²) in [5.74, 6) is 0.145. The van der Waals surface area contributed by atoms with Gasteiger partial charge >= 0.3 is 5.97 Å². The predicted octanol–water partition coefficient (Wildman–Crippen LogP) is 3.46. The number of benzene rings is 1. The number of aromatic carboxylic acids is 1. The molecule has 1 saturated heterocycles. The van der Waals surface area contributed by atoms with Crippen LogP contribution in [0.25, 0.3) is 11.4 Å². The fourth-order valence-electron chi connectivity index (χ4n) is 4.24. The number of anilines is 3. The Bertz CT molecular complexity index is 1130. The van der Waals surface area contributed by atoms with Crippen LogP contribution in [-0.4, -0.2) is 70.8 Å². The molecule has 0 saturated carbocycles. The fraction of sp³-hybridized carbons (Fsp3) is 0.375. The molecule has 9 heteroatoms. The van der Waals surface area contributed by atoms with Gasteiger partial charge in [-0.15, -0.1) is 0 Å². The SMILES string of the molecule is COc1cc(N2CCC(N(C)C)CC2)ccc1Nc1nccc(-c2cc(C(=O)O)cn2C)n1. The number of carboxylic acid groups (broad SMARTS) is 1. The van der Waals surface area contributed by atoms with Gasteiger partial charge in [0.05, 0.1) is 29.7 Å². The highest BCUT2D eigenvalue weighted by atomic mass is 16.5. The second-order valence-corrected chi connectivity index (χ2v) is 8.49. The standard InChI is InChI=1S/C24H30N6O3/c1-28(2)17-8-11-30(12-9-17)18-5-6-20(22(14-18)33-4)27-24-25-10-7-19(26-24)21-13-16(23(31)32)15-29(21)3/h5-7,10,13-15,17H,8-9,11-12H2,1-4H3,(H,31,32)(H,25,26,27). The number of carbonyl (C=O) groups is 1. The number of rotatable bonds is 7. The average Bonchev–Trinajstić information content (AvgIpc) is 3.21. The zero-order valence-electron chi connectivity index (χ0n) is 19.4. The highest BCUT2D eigenvalue weighted by Gasteiger charge is 2.21. The lowest BCUT2D eigenvalue weighted by Gasteiger charge is -2.36. The van der Waals surface area contributed by atoms with Crippen molar-refractivity contribution in [3.05, 3.63) is 48.3 Å². The second kappa shape index (κ2) is 9.50. The molecule has 3 heterocycles. The molecular formula is C24H30N6O3. The van der Waals surface area contributed by atoms with E-state index in [1.54, 1.807) is 43.3 Å². The van der Waals surface area contributed by atoms with Crippen molar-refractivity contribution in [2.75, 3.05) is 44.5 Å². The maximum absolute atomic E-state index is 11.3. The summed E-state index contributed by atoms with van der Waals surface area (Å²) >= 11 is 0. The summed E-state index contributed by atoms with van der Waals surface area (Å²) in [7, 11) is 7.73. The lowest BCUT2D eigenvalue weighted by molar-refractivity contribution is 0.0697. The Hall–Kier alpha value is -3.59. The first kappa shape index (κ1) is 22.6. The Labute approximate surface area is 193 Å². The first-order valence-corrected chi connectivity index (χ1v) is 10.9. The molecule has 1 aliphatic rings. The summed E-state index contributed by atoms with van der Waals surface area (Å²) in [6, 6.07) is 10.1. The van der Waals surface area contributed by atoms with E-state index in [-0.39, 0.29) is 5.56 Å². The van der Waals surface area contributed by atoms with E-state index in [0.717, 1.165) is 37.3 Å². The minimum absolute atomic E-state index is 0.215. The van der Waals surface area contributed by atoms with Gasteiger partial charge in [0.25, 0.3) is 0 Å². The number of aryl methyl sites for hydroxylation is 1. The van der Waals surface area contributed by atoms with Crippen LogP contribution in [0.3, 0.4) is 0 Å². The van der Waals surface area contributed by atoms with E-state index in [1.165, 1.54) is 0 Å². The third-order valence-electron chi connectivity index (χ3n) is 6.16. The third-order valence-corrected chi connectivity index (χ3v) is 6.16. The van der Waals surface area contributed by atoms with E-state index in [0.29, 0.717) is 29.1 Å². The van der Waals surface area contributed by atoms with Crippen molar-refractivity contribution in [1.82, 2.24) is 19.4 Å². The van der Waals surface area contributed by atoms with Gasteiger partial charge in [-0.25, -0.2) is 14.8 Å². The van der Waals surface area contributed by atoms with Crippen LogP contribution >= 0.6 is 0 Å². The van der Waals surface area contributed by atoms with E-state index < -0.39 is 5.97 Å². The van der Waals surface area contributed by atoms with Crippen LogP contribution in [0.4, 0.5) is 17.3 Å². The number of aromatic nitrogens is 3. The lowest BCUT2D eigenvalue weighted by atomic mass is 10.0. The molecule has 0 amide bonds. The maximum atomic E-state index is 11.3. The highest BCUT2D eigenvalue weighted by Crippen LogP contribution is 2.33. The number of hydrogen-bond donors (Lipinski definition) is 2. The highest BCUT2D eigenvalue weighted by molar-refractivity contribution is 5.89. The number of piperidine rings is 1. The van der Waals surface area contributed by atoms with Crippen molar-refractivity contribution in [3.8, 4) is 17.1 Å². The largest absolute Gasteiger partial charge is 0.494 e. The van der Waals surface area contributed by atoms with Gasteiger partial charge in [-0.2, -0.15) is 0 Å². The Morgan fingerprint density at radius 3 is 2.61 bits per heavy atom. The molecular weight excluding hydrogens is 420 g/mol. The van der Waals surface area contributed by atoms with Crippen molar-refractivity contribution < 1.29 is 14.6 Å². The van der Waals surface area contributed by atoms with Crippen LogP contribution < -0.4 is 15.0 Å². The molecule has 0 atom stereocenters. The molecule has 2 N–H and O–H groups in total. The maximum Gasteiger partial charge on any atom is 0.337 e. The molecule has 174 valence electrons. The molecule has 2 aromatic heterocycles. The van der Waals surface area contributed by atoms with Crippen LogP contribution in [0.1, 0.15) is 23.2 Å². The lowest BCUT2D eigenvalue weighted by Crippen LogP contribution is -2.41. The van der Waals surface area contributed by atoms with Crippen LogP contribution in [0, 0.1) is 0 Å². The van der Waals surface area contributed by atoms with Crippen molar-refractivity contribution in [2.24, 2.45) is 7.05 Å². The molecule has 3 aromatic rings. The van der Waals surface area contributed by atoms with Crippen molar-refractivity contribution >= 4 is 23.3 Å². The molecule has 33 heavy (non-hydrogen) atoms. The first-order chi connectivity index (χ1) is 15.9. The first-order valence-electron chi connectivity index (χ1n) is 10.9. The number of hydrogen-bond acceptors (Lipinski definition) is 7. The number of carboxylic acids is 1. The third kappa shape index (κ3) is 4.93. The monoisotopic (exact) mass is 450 g/mol. The molecule has 0 radical (unpaired) electrons. The zero-order valence-corrected chi connectivity index (χ0v) is 19.4. The van der Waals surface area contributed by atoms with Gasteiger partial charge in [0, 0.05) is 50.3 Å². The van der Waals surface area contributed by atoms with Crippen molar-refractivity contribution in [1.29, 1.82) is 0 Å². The summed E-state index contributed by atoms with van der Waals surface area (Å²) < 4.78 is 7.39. The van der Waals surface area contributed by atoms with Gasteiger partial charge < -0.3 is 29.5 Å². The van der Waals surface area contributed by atoms with Crippen LogP contribution in [-0.2, 0) is 7.05 Å². The van der Waals surface area contributed by atoms with Gasteiger partial charge in [-0.1, -0.05) is 0 Å². The fourth-order valence-corrected chi connectivity index (χ4v) is 4.24. The zero-order chi connectivity index (χ0) is 23.5. The van der Waals surface area contributed by atoms with E-state index in [2.05, 4.69) is 45.2 Å². The summed E-state index contributed by atoms with van der Waals surface area (Å²) in [4.78, 5) is 24.9. The molecule has 1 aliphatic heterocycles. The van der Waals surface area contributed by atoms with Crippen LogP contribution in [0.5, 0.6) is 5.75 Å². The Kier molecular flexibility index (Phi) is 6.50. The summed E-state index contributed by atoms with van der Waals surface area (Å²) in [5.41, 5.74) is 3.43. The number of ether oxygens (including phenoxy) is 1. The van der Waals surface area contributed by atoms with E-state index in [1.807, 2.05) is 12.1 Å². The summed E-state index contributed by atoms with van der Waals surface area (Å²) in [6.45, 7) is 2.03. The van der Waals surface area contributed by atoms with Crippen LogP contribution in [0.15, 0.2) is 42.7 Å². The smallest absolute Gasteiger partial charge is 0.337 e. The Morgan fingerprint density at radius 2 is 1.97 bits per heavy atom. The number of methoxy groups -OCH3 is 1. The van der Waals surface area contributed by atoms with E-state index >= 15 is 0 Å². The van der Waals surface area contributed by atoms with Gasteiger partial charge in [0.15, 0.2) is 0 Å². The minimum Gasteiger partial charge on any atom is -0.494 e. The minimum atomic E-state index is -0.972. The van der Waals surface area contributed by atoms with E-state index in [4.69, 9.17) is 4.74 Å². The second-order valence-electron chi connectivity index (χ2n) is 8.49.